The van der Waals surface area contributed by atoms with Gasteiger partial charge in [-0.1, -0.05) is 51.0 Å². The molecule has 0 amide bonds. The Labute approximate surface area is 120 Å². The van der Waals surface area contributed by atoms with Gasteiger partial charge < -0.3 is 0 Å². The van der Waals surface area contributed by atoms with Crippen LogP contribution < -0.4 is 0 Å². The van der Waals surface area contributed by atoms with Crippen LogP contribution in [0.25, 0.3) is 10.8 Å². The first-order valence-electron chi connectivity index (χ1n) is 7.00. The van der Waals surface area contributed by atoms with Crippen LogP contribution in [0.4, 0.5) is 0 Å². The van der Waals surface area contributed by atoms with E-state index in [9.17, 15) is 13.0 Å². The summed E-state index contributed by atoms with van der Waals surface area (Å²) < 4.78 is 32.9. The zero-order valence-electron chi connectivity index (χ0n) is 11.9. The number of aryl methyl sites for hydroxylation is 2. The van der Waals surface area contributed by atoms with E-state index in [2.05, 4.69) is 6.92 Å². The number of rotatable bonds is 5. The van der Waals surface area contributed by atoms with Gasteiger partial charge in [0.15, 0.2) is 0 Å². The summed E-state index contributed by atoms with van der Waals surface area (Å²) in [6.07, 6.45) is 3.21. The van der Waals surface area contributed by atoms with Crippen LogP contribution in [0.5, 0.6) is 0 Å². The third-order valence-electron chi connectivity index (χ3n) is 3.50. The van der Waals surface area contributed by atoms with Crippen molar-refractivity contribution in [1.29, 1.82) is 0 Å². The molecule has 0 unspecified atom stereocenters. The molecule has 0 aromatic heterocycles. The first-order valence-corrected chi connectivity index (χ1v) is 8.44. The van der Waals surface area contributed by atoms with Gasteiger partial charge in [0.2, 0.25) is 0 Å². The molecule has 0 heterocycles. The Bertz CT molecular complexity index is 718. The average molecular weight is 292 g/mol. The van der Waals surface area contributed by atoms with Gasteiger partial charge in [-0.3, -0.25) is 4.55 Å². The summed E-state index contributed by atoms with van der Waals surface area (Å²) in [6.45, 7) is 4.06. The van der Waals surface area contributed by atoms with Crippen molar-refractivity contribution in [2.45, 2.75) is 44.4 Å². The smallest absolute Gasteiger partial charge is 0.282 e. The molecule has 0 aliphatic carbocycles. The fourth-order valence-electron chi connectivity index (χ4n) is 2.70. The van der Waals surface area contributed by atoms with E-state index in [0.717, 1.165) is 41.2 Å². The lowest BCUT2D eigenvalue weighted by Crippen LogP contribution is -2.06. The Morgan fingerprint density at radius 1 is 1.00 bits per heavy atom. The maximum absolute atomic E-state index is 11.7. The van der Waals surface area contributed by atoms with Gasteiger partial charge in [0.25, 0.3) is 10.1 Å². The number of hydrogen-bond donors (Lipinski definition) is 1. The van der Waals surface area contributed by atoms with E-state index in [1.165, 1.54) is 0 Å². The van der Waals surface area contributed by atoms with Crippen molar-refractivity contribution in [3.05, 3.63) is 41.5 Å². The molecule has 108 valence electrons. The third kappa shape index (κ3) is 2.86. The predicted molar refractivity (Wildman–Crippen MR) is 81.8 cm³/mol. The van der Waals surface area contributed by atoms with Gasteiger partial charge in [0.1, 0.15) is 0 Å². The van der Waals surface area contributed by atoms with Gasteiger partial charge in [-0.15, -0.1) is 0 Å². The lowest BCUT2D eigenvalue weighted by Gasteiger charge is -2.14. The van der Waals surface area contributed by atoms with Crippen LogP contribution in [-0.2, 0) is 23.0 Å². The summed E-state index contributed by atoms with van der Waals surface area (Å²) in [7, 11) is -4.19. The zero-order chi connectivity index (χ0) is 14.8. The van der Waals surface area contributed by atoms with E-state index >= 15 is 0 Å². The molecule has 0 bridgehead atoms. The Morgan fingerprint density at radius 3 is 2.15 bits per heavy atom. The van der Waals surface area contributed by atoms with Crippen LogP contribution >= 0.6 is 0 Å². The first kappa shape index (κ1) is 15.0. The van der Waals surface area contributed by atoms with Crippen molar-refractivity contribution in [3.63, 3.8) is 0 Å². The zero-order valence-corrected chi connectivity index (χ0v) is 12.7. The second kappa shape index (κ2) is 5.94. The summed E-state index contributed by atoms with van der Waals surface area (Å²) in [5.74, 6) is 0. The lowest BCUT2D eigenvalue weighted by atomic mass is 9.95. The maximum Gasteiger partial charge on any atom is 0.294 e. The highest BCUT2D eigenvalue weighted by molar-refractivity contribution is 7.85. The minimum Gasteiger partial charge on any atom is -0.282 e. The SMILES string of the molecule is CCCc1cc(S(=O)(=O)O)c(CCC)c2ccccc12. The van der Waals surface area contributed by atoms with Crippen LogP contribution in [0.15, 0.2) is 35.2 Å². The van der Waals surface area contributed by atoms with E-state index in [-0.39, 0.29) is 4.90 Å². The van der Waals surface area contributed by atoms with Crippen molar-refractivity contribution in [3.8, 4) is 0 Å². The quantitative estimate of drug-likeness (QED) is 0.848. The second-order valence-electron chi connectivity index (χ2n) is 5.03. The molecule has 0 aliphatic rings. The topological polar surface area (TPSA) is 54.4 Å². The molecule has 20 heavy (non-hydrogen) atoms. The van der Waals surface area contributed by atoms with E-state index < -0.39 is 10.1 Å². The Balaban J connectivity index is 2.86. The molecule has 0 radical (unpaired) electrons. The Kier molecular flexibility index (Phi) is 4.45. The molecule has 0 spiro atoms. The number of fused-ring (bicyclic) bond motifs is 1. The van der Waals surface area contributed by atoms with Gasteiger partial charge in [-0.05, 0) is 40.8 Å². The molecule has 0 aliphatic heterocycles. The van der Waals surface area contributed by atoms with Gasteiger partial charge >= 0.3 is 0 Å². The van der Waals surface area contributed by atoms with Crippen molar-refractivity contribution in [2.75, 3.05) is 0 Å². The van der Waals surface area contributed by atoms with Crippen LogP contribution in [0, 0.1) is 0 Å². The average Bonchev–Trinajstić information content (AvgIpc) is 2.40. The largest absolute Gasteiger partial charge is 0.294 e. The summed E-state index contributed by atoms with van der Waals surface area (Å²) in [6, 6.07) is 9.48. The molecule has 2 aromatic rings. The molecule has 2 aromatic carbocycles. The van der Waals surface area contributed by atoms with Crippen LogP contribution in [-0.4, -0.2) is 13.0 Å². The highest BCUT2D eigenvalue weighted by Crippen LogP contribution is 2.31. The molecule has 4 heteroatoms. The third-order valence-corrected chi connectivity index (χ3v) is 4.42. The highest BCUT2D eigenvalue weighted by Gasteiger charge is 2.19. The normalized spacial score (nSPS) is 11.9. The summed E-state index contributed by atoms with van der Waals surface area (Å²) >= 11 is 0. The molecule has 0 atom stereocenters. The van der Waals surface area contributed by atoms with Crippen molar-refractivity contribution < 1.29 is 13.0 Å². The fourth-order valence-corrected chi connectivity index (χ4v) is 3.51. The monoisotopic (exact) mass is 292 g/mol. The molecule has 1 N–H and O–H groups in total. The number of hydrogen-bond acceptors (Lipinski definition) is 2. The van der Waals surface area contributed by atoms with Crippen molar-refractivity contribution >= 4 is 20.9 Å². The lowest BCUT2D eigenvalue weighted by molar-refractivity contribution is 0.482. The van der Waals surface area contributed by atoms with E-state index in [0.29, 0.717) is 6.42 Å². The fraction of sp³-hybridized carbons (Fsp3) is 0.375. The van der Waals surface area contributed by atoms with Gasteiger partial charge in [0, 0.05) is 0 Å². The standard InChI is InChI=1S/C16H20O3S/c1-3-7-12-11-16(20(17,18)19)15(8-4-2)14-10-6-5-9-13(12)14/h5-6,9-11H,3-4,7-8H2,1-2H3,(H,17,18,19). The van der Waals surface area contributed by atoms with Gasteiger partial charge in [-0.2, -0.15) is 8.42 Å². The van der Waals surface area contributed by atoms with Crippen LogP contribution in [0.3, 0.4) is 0 Å². The minimum absolute atomic E-state index is 0.0708. The molecule has 2 rings (SSSR count). The molecule has 3 nitrogen and oxygen atoms in total. The maximum atomic E-state index is 11.7. The van der Waals surface area contributed by atoms with Crippen molar-refractivity contribution in [2.24, 2.45) is 0 Å². The molecular formula is C16H20O3S. The van der Waals surface area contributed by atoms with E-state index in [1.54, 1.807) is 6.07 Å². The molecule has 0 saturated carbocycles. The Morgan fingerprint density at radius 2 is 1.60 bits per heavy atom. The minimum atomic E-state index is -4.19. The summed E-state index contributed by atoms with van der Waals surface area (Å²) in [5.41, 5.74) is 1.71. The second-order valence-corrected chi connectivity index (χ2v) is 6.42. The van der Waals surface area contributed by atoms with Gasteiger partial charge in [-0.25, -0.2) is 0 Å². The first-order chi connectivity index (χ1) is 9.49. The van der Waals surface area contributed by atoms with E-state index in [4.69, 9.17) is 0 Å². The molecule has 0 saturated heterocycles. The van der Waals surface area contributed by atoms with E-state index in [1.807, 2.05) is 31.2 Å². The summed E-state index contributed by atoms with van der Waals surface area (Å²) in [5, 5.41) is 2.03. The molecular weight excluding hydrogens is 272 g/mol. The van der Waals surface area contributed by atoms with Crippen LogP contribution in [0.1, 0.15) is 37.8 Å². The predicted octanol–water partition coefficient (Wildman–Crippen LogP) is 3.99. The van der Waals surface area contributed by atoms with Crippen molar-refractivity contribution in [1.82, 2.24) is 0 Å². The molecule has 0 fully saturated rings. The summed E-state index contributed by atoms with van der Waals surface area (Å²) in [4.78, 5) is 0.0708. The highest BCUT2D eigenvalue weighted by atomic mass is 32.2. The Hall–Kier alpha value is -1.39. The number of benzene rings is 2. The van der Waals surface area contributed by atoms with Gasteiger partial charge in [0.05, 0.1) is 4.90 Å². The van der Waals surface area contributed by atoms with Crippen LogP contribution in [0.2, 0.25) is 0 Å².